The highest BCUT2D eigenvalue weighted by molar-refractivity contribution is 5.67. The van der Waals surface area contributed by atoms with E-state index in [2.05, 4.69) is 15.3 Å². The molecule has 0 saturated carbocycles. The quantitative estimate of drug-likeness (QED) is 0.870. The van der Waals surface area contributed by atoms with Crippen molar-refractivity contribution in [2.75, 3.05) is 31.1 Å². The summed E-state index contributed by atoms with van der Waals surface area (Å²) in [7, 11) is 0. The first-order chi connectivity index (χ1) is 11.2. The Balaban J connectivity index is 2.34. The van der Waals surface area contributed by atoms with E-state index < -0.39 is 18.0 Å². The fourth-order valence-corrected chi connectivity index (χ4v) is 2.62. The Hall–Kier alpha value is -1.90. The molecule has 0 spiro atoms. The van der Waals surface area contributed by atoms with E-state index in [0.717, 1.165) is 0 Å². The van der Waals surface area contributed by atoms with E-state index in [1.807, 2.05) is 0 Å². The summed E-state index contributed by atoms with van der Waals surface area (Å²) in [6.45, 7) is 5.40. The molecule has 1 atom stereocenters. The molecule has 1 aliphatic heterocycles. The molecule has 2 heterocycles. The largest absolute Gasteiger partial charge is 0.481 e. The van der Waals surface area contributed by atoms with Gasteiger partial charge in [0.15, 0.2) is 0 Å². The van der Waals surface area contributed by atoms with Crippen LogP contribution in [0.2, 0.25) is 0 Å². The summed E-state index contributed by atoms with van der Waals surface area (Å²) in [6, 6.07) is 1.56. The van der Waals surface area contributed by atoms with Gasteiger partial charge in [0.05, 0.1) is 6.42 Å². The van der Waals surface area contributed by atoms with Crippen LogP contribution in [0, 0.1) is 5.92 Å². The Morgan fingerprint density at radius 1 is 1.46 bits per heavy atom. The number of nitrogens with one attached hydrogen (secondary N) is 1. The molecule has 9 heteroatoms. The average molecular weight is 346 g/mol. The van der Waals surface area contributed by atoms with Crippen molar-refractivity contribution in [1.29, 1.82) is 0 Å². The Bertz CT molecular complexity index is 593. The third-order valence-electron chi connectivity index (χ3n) is 3.83. The molecule has 2 N–H and O–H groups in total. The average Bonchev–Trinajstić information content (AvgIpc) is 2.70. The maximum atomic E-state index is 13.1. The number of hydrogen-bond acceptors (Lipinski definition) is 5. The van der Waals surface area contributed by atoms with Crippen molar-refractivity contribution in [1.82, 2.24) is 15.3 Å². The van der Waals surface area contributed by atoms with E-state index in [-0.39, 0.29) is 24.1 Å². The van der Waals surface area contributed by atoms with Gasteiger partial charge in [-0.1, -0.05) is 13.8 Å². The number of carbonyl (C=O) groups is 1. The molecule has 1 fully saturated rings. The minimum Gasteiger partial charge on any atom is -0.481 e. The number of anilines is 1. The number of alkyl halides is 3. The molecular weight excluding hydrogens is 325 g/mol. The summed E-state index contributed by atoms with van der Waals surface area (Å²) in [5.41, 5.74) is 0.319. The van der Waals surface area contributed by atoms with Gasteiger partial charge in [0.25, 0.3) is 0 Å². The van der Waals surface area contributed by atoms with Crippen molar-refractivity contribution in [3.05, 3.63) is 17.6 Å². The zero-order chi connectivity index (χ0) is 17.9. The number of aromatic nitrogens is 2. The second-order valence-corrected chi connectivity index (χ2v) is 6.24. The van der Waals surface area contributed by atoms with E-state index in [9.17, 15) is 18.0 Å². The molecule has 0 amide bonds. The highest BCUT2D eigenvalue weighted by Gasteiger charge is 2.36. The van der Waals surface area contributed by atoms with Gasteiger partial charge in [0.2, 0.25) is 5.82 Å². The number of halogens is 3. The molecule has 134 valence electrons. The van der Waals surface area contributed by atoms with Crippen molar-refractivity contribution in [3.8, 4) is 0 Å². The van der Waals surface area contributed by atoms with Crippen molar-refractivity contribution < 1.29 is 23.1 Å². The smallest absolute Gasteiger partial charge is 0.451 e. The van der Waals surface area contributed by atoms with E-state index in [1.54, 1.807) is 24.8 Å². The van der Waals surface area contributed by atoms with Gasteiger partial charge < -0.3 is 15.3 Å². The summed E-state index contributed by atoms with van der Waals surface area (Å²) < 4.78 is 39.2. The van der Waals surface area contributed by atoms with Crippen LogP contribution in [-0.4, -0.2) is 47.2 Å². The molecule has 24 heavy (non-hydrogen) atoms. The van der Waals surface area contributed by atoms with Crippen LogP contribution in [0.15, 0.2) is 6.07 Å². The Morgan fingerprint density at radius 3 is 2.75 bits per heavy atom. The third kappa shape index (κ3) is 4.80. The SMILES string of the molecule is CC(C)c1cc(N2CCNCC(CC(=O)O)C2)nc(C(F)(F)F)n1. The van der Waals surface area contributed by atoms with Gasteiger partial charge in [-0.2, -0.15) is 13.2 Å². The van der Waals surface area contributed by atoms with Crippen molar-refractivity contribution in [3.63, 3.8) is 0 Å². The van der Waals surface area contributed by atoms with Crippen LogP contribution in [0.4, 0.5) is 19.0 Å². The summed E-state index contributed by atoms with van der Waals surface area (Å²) in [6.07, 6.45) is -4.66. The summed E-state index contributed by atoms with van der Waals surface area (Å²) in [4.78, 5) is 19.9. The Labute approximate surface area is 138 Å². The Morgan fingerprint density at radius 2 is 2.17 bits per heavy atom. The molecule has 1 aliphatic rings. The maximum Gasteiger partial charge on any atom is 0.451 e. The van der Waals surface area contributed by atoms with E-state index in [0.29, 0.717) is 31.9 Å². The number of hydrogen-bond donors (Lipinski definition) is 2. The van der Waals surface area contributed by atoms with Gasteiger partial charge >= 0.3 is 12.1 Å². The minimum atomic E-state index is -4.62. The van der Waals surface area contributed by atoms with E-state index in [4.69, 9.17) is 5.11 Å². The minimum absolute atomic E-state index is 0.0439. The molecule has 0 aliphatic carbocycles. The zero-order valence-electron chi connectivity index (χ0n) is 13.6. The number of carboxylic acid groups (broad SMARTS) is 1. The molecule has 6 nitrogen and oxygen atoms in total. The zero-order valence-corrected chi connectivity index (χ0v) is 13.6. The van der Waals surface area contributed by atoms with Crippen molar-refractivity contribution >= 4 is 11.8 Å². The second-order valence-electron chi connectivity index (χ2n) is 6.24. The lowest BCUT2D eigenvalue weighted by Gasteiger charge is -2.25. The van der Waals surface area contributed by atoms with E-state index in [1.165, 1.54) is 0 Å². The lowest BCUT2D eigenvalue weighted by Crippen LogP contribution is -2.32. The monoisotopic (exact) mass is 346 g/mol. The van der Waals surface area contributed by atoms with Gasteiger partial charge in [-0.15, -0.1) is 0 Å². The molecule has 2 rings (SSSR count). The number of nitrogens with zero attached hydrogens (tertiary/aromatic N) is 3. The highest BCUT2D eigenvalue weighted by Crippen LogP contribution is 2.30. The molecule has 1 aromatic rings. The molecule has 1 aromatic heterocycles. The van der Waals surface area contributed by atoms with Gasteiger partial charge in [0, 0.05) is 37.9 Å². The Kier molecular flexibility index (Phi) is 5.63. The fraction of sp³-hybridized carbons (Fsp3) is 0.667. The normalized spacial score (nSPS) is 19.4. The maximum absolute atomic E-state index is 13.1. The number of rotatable bonds is 4. The molecular formula is C15H21F3N4O2. The van der Waals surface area contributed by atoms with Gasteiger partial charge in [0.1, 0.15) is 5.82 Å². The summed E-state index contributed by atoms with van der Waals surface area (Å²) in [5, 5.41) is 12.1. The van der Waals surface area contributed by atoms with Crippen LogP contribution in [0.5, 0.6) is 0 Å². The lowest BCUT2D eigenvalue weighted by molar-refractivity contribution is -0.145. The molecule has 1 saturated heterocycles. The van der Waals surface area contributed by atoms with Crippen LogP contribution in [0.3, 0.4) is 0 Å². The molecule has 0 bridgehead atoms. The van der Waals surface area contributed by atoms with Crippen LogP contribution < -0.4 is 10.2 Å². The van der Waals surface area contributed by atoms with Crippen LogP contribution >= 0.6 is 0 Å². The number of aliphatic carboxylic acids is 1. The van der Waals surface area contributed by atoms with Crippen LogP contribution in [0.1, 0.15) is 37.7 Å². The predicted molar refractivity (Wildman–Crippen MR) is 81.9 cm³/mol. The summed E-state index contributed by atoms with van der Waals surface area (Å²) >= 11 is 0. The molecule has 0 radical (unpaired) electrons. The van der Waals surface area contributed by atoms with E-state index >= 15 is 0 Å². The van der Waals surface area contributed by atoms with Crippen LogP contribution in [-0.2, 0) is 11.0 Å². The third-order valence-corrected chi connectivity index (χ3v) is 3.83. The highest BCUT2D eigenvalue weighted by atomic mass is 19.4. The van der Waals surface area contributed by atoms with Gasteiger partial charge in [-0.3, -0.25) is 4.79 Å². The standard InChI is InChI=1S/C15H21F3N4O2/c1-9(2)11-6-12(21-14(20-11)15(16,17)18)22-4-3-19-7-10(8-22)5-13(23)24/h6,9-10,19H,3-5,7-8H2,1-2H3,(H,23,24). The predicted octanol–water partition coefficient (Wildman–Crippen LogP) is 2.12. The van der Waals surface area contributed by atoms with Gasteiger partial charge in [-0.05, 0) is 11.8 Å². The second kappa shape index (κ2) is 7.33. The fourth-order valence-electron chi connectivity index (χ4n) is 2.62. The first-order valence-electron chi connectivity index (χ1n) is 7.80. The first kappa shape index (κ1) is 18.4. The first-order valence-corrected chi connectivity index (χ1v) is 7.80. The number of carboxylic acids is 1. The van der Waals surface area contributed by atoms with Crippen LogP contribution in [0.25, 0.3) is 0 Å². The van der Waals surface area contributed by atoms with Crippen molar-refractivity contribution in [2.45, 2.75) is 32.4 Å². The summed E-state index contributed by atoms with van der Waals surface area (Å²) in [5.74, 6) is -2.26. The van der Waals surface area contributed by atoms with Crippen molar-refractivity contribution in [2.24, 2.45) is 5.92 Å². The lowest BCUT2D eigenvalue weighted by atomic mass is 10.1. The molecule has 1 unspecified atom stereocenters. The molecule has 0 aromatic carbocycles. The van der Waals surface area contributed by atoms with Gasteiger partial charge in [-0.25, -0.2) is 9.97 Å². The topological polar surface area (TPSA) is 78.4 Å².